The molecule has 3 aromatic heterocycles. The van der Waals surface area contributed by atoms with E-state index in [2.05, 4.69) is 34.8 Å². The SMILES string of the molecule is Cc1nc2c(cnn2C(C)C)c(C)c1CCC(=O)NNC(=O)c1ccccn1. The number of amides is 2. The monoisotopic (exact) mass is 380 g/mol. The quantitative estimate of drug-likeness (QED) is 0.662. The van der Waals surface area contributed by atoms with E-state index in [1.807, 2.05) is 24.7 Å². The van der Waals surface area contributed by atoms with Crippen LogP contribution in [0.1, 0.15) is 53.6 Å². The lowest BCUT2D eigenvalue weighted by atomic mass is 10.0. The van der Waals surface area contributed by atoms with Crippen molar-refractivity contribution >= 4 is 22.8 Å². The number of hydrogen-bond donors (Lipinski definition) is 2. The van der Waals surface area contributed by atoms with Crippen molar-refractivity contribution in [1.82, 2.24) is 30.6 Å². The number of pyridine rings is 2. The lowest BCUT2D eigenvalue weighted by Gasteiger charge is -2.13. The first kappa shape index (κ1) is 19.5. The molecule has 0 unspecified atom stereocenters. The molecule has 0 bridgehead atoms. The molecule has 2 amide bonds. The number of carbonyl (C=O) groups excluding carboxylic acids is 2. The van der Waals surface area contributed by atoms with Gasteiger partial charge >= 0.3 is 0 Å². The van der Waals surface area contributed by atoms with E-state index in [9.17, 15) is 9.59 Å². The van der Waals surface area contributed by atoms with Crippen molar-refractivity contribution in [2.24, 2.45) is 0 Å². The predicted molar refractivity (Wildman–Crippen MR) is 106 cm³/mol. The number of hydrogen-bond acceptors (Lipinski definition) is 5. The molecule has 3 aromatic rings. The van der Waals surface area contributed by atoms with Crippen molar-refractivity contribution in [2.75, 3.05) is 0 Å². The van der Waals surface area contributed by atoms with Crippen molar-refractivity contribution in [3.05, 3.63) is 53.1 Å². The molecule has 8 heteroatoms. The summed E-state index contributed by atoms with van der Waals surface area (Å²) in [5, 5.41) is 5.43. The van der Waals surface area contributed by atoms with E-state index < -0.39 is 5.91 Å². The molecule has 0 aliphatic rings. The van der Waals surface area contributed by atoms with E-state index in [0.717, 1.165) is 27.9 Å². The summed E-state index contributed by atoms with van der Waals surface area (Å²) in [6, 6.07) is 5.23. The fourth-order valence-corrected chi connectivity index (χ4v) is 3.13. The van der Waals surface area contributed by atoms with Gasteiger partial charge in [-0.25, -0.2) is 9.67 Å². The summed E-state index contributed by atoms with van der Waals surface area (Å²) in [6.07, 6.45) is 4.11. The fourth-order valence-electron chi connectivity index (χ4n) is 3.13. The number of fused-ring (bicyclic) bond motifs is 1. The van der Waals surface area contributed by atoms with Crippen LogP contribution in [0.15, 0.2) is 30.6 Å². The maximum atomic E-state index is 12.1. The van der Waals surface area contributed by atoms with E-state index in [1.54, 1.807) is 18.2 Å². The van der Waals surface area contributed by atoms with Crippen LogP contribution in [0, 0.1) is 13.8 Å². The van der Waals surface area contributed by atoms with E-state index in [-0.39, 0.29) is 24.1 Å². The highest BCUT2D eigenvalue weighted by Crippen LogP contribution is 2.25. The molecule has 0 atom stereocenters. The number of aromatic nitrogens is 4. The molecular formula is C20H24N6O2. The second-order valence-corrected chi connectivity index (χ2v) is 6.94. The Balaban J connectivity index is 1.65. The summed E-state index contributed by atoms with van der Waals surface area (Å²) in [5.74, 6) is -0.730. The Kier molecular flexibility index (Phi) is 5.67. The molecule has 0 aliphatic heterocycles. The molecule has 0 aliphatic carbocycles. The maximum Gasteiger partial charge on any atom is 0.288 e. The number of carbonyl (C=O) groups is 2. The minimum absolute atomic E-state index is 0.225. The van der Waals surface area contributed by atoms with Gasteiger partial charge in [0.25, 0.3) is 5.91 Å². The standard InChI is InChI=1S/C20H24N6O2/c1-12(2)26-19-16(11-22-26)13(3)15(14(4)23-19)8-9-18(27)24-25-20(28)17-7-5-6-10-21-17/h5-7,10-12H,8-9H2,1-4H3,(H,24,27)(H,25,28). The van der Waals surface area contributed by atoms with Gasteiger partial charge in [0.2, 0.25) is 5.91 Å². The van der Waals surface area contributed by atoms with Gasteiger partial charge in [-0.2, -0.15) is 5.10 Å². The molecule has 0 saturated carbocycles. The summed E-state index contributed by atoms with van der Waals surface area (Å²) in [5.41, 5.74) is 8.91. The van der Waals surface area contributed by atoms with Crippen LogP contribution >= 0.6 is 0 Å². The average Bonchev–Trinajstić information content (AvgIpc) is 3.10. The first-order valence-electron chi connectivity index (χ1n) is 9.22. The second-order valence-electron chi connectivity index (χ2n) is 6.94. The topological polar surface area (TPSA) is 102 Å². The fraction of sp³-hybridized carbons (Fsp3) is 0.350. The second kappa shape index (κ2) is 8.16. The molecule has 2 N–H and O–H groups in total. The molecule has 0 aromatic carbocycles. The molecule has 3 rings (SSSR count). The number of hydrazine groups is 1. The highest BCUT2D eigenvalue weighted by Gasteiger charge is 2.16. The number of nitrogens with one attached hydrogen (secondary N) is 2. The van der Waals surface area contributed by atoms with Gasteiger partial charge < -0.3 is 0 Å². The summed E-state index contributed by atoms with van der Waals surface area (Å²) in [7, 11) is 0. The van der Waals surface area contributed by atoms with Crippen LogP contribution in [0.4, 0.5) is 0 Å². The van der Waals surface area contributed by atoms with Gasteiger partial charge in [0, 0.05) is 29.7 Å². The van der Waals surface area contributed by atoms with Crippen molar-refractivity contribution in [2.45, 2.75) is 46.6 Å². The van der Waals surface area contributed by atoms with E-state index in [4.69, 9.17) is 4.98 Å². The molecular weight excluding hydrogens is 356 g/mol. The first-order chi connectivity index (χ1) is 13.4. The maximum absolute atomic E-state index is 12.1. The number of aryl methyl sites for hydroxylation is 2. The zero-order chi connectivity index (χ0) is 20.3. The Hall–Kier alpha value is -3.29. The highest BCUT2D eigenvalue weighted by atomic mass is 16.2. The Morgan fingerprint density at radius 1 is 1.18 bits per heavy atom. The summed E-state index contributed by atoms with van der Waals surface area (Å²) in [4.78, 5) is 32.7. The third-order valence-corrected chi connectivity index (χ3v) is 4.64. The zero-order valence-corrected chi connectivity index (χ0v) is 16.5. The lowest BCUT2D eigenvalue weighted by molar-refractivity contribution is -0.121. The van der Waals surface area contributed by atoms with Gasteiger partial charge in [-0.3, -0.25) is 25.4 Å². The van der Waals surface area contributed by atoms with Crippen molar-refractivity contribution < 1.29 is 9.59 Å². The van der Waals surface area contributed by atoms with Crippen LogP contribution < -0.4 is 10.9 Å². The molecule has 0 spiro atoms. The van der Waals surface area contributed by atoms with Crippen LogP contribution in [0.25, 0.3) is 11.0 Å². The number of nitrogens with zero attached hydrogens (tertiary/aromatic N) is 4. The largest absolute Gasteiger partial charge is 0.288 e. The van der Waals surface area contributed by atoms with Crippen molar-refractivity contribution in [3.8, 4) is 0 Å². The summed E-state index contributed by atoms with van der Waals surface area (Å²) >= 11 is 0. The average molecular weight is 380 g/mol. The minimum Gasteiger partial charge on any atom is -0.273 e. The molecule has 0 radical (unpaired) electrons. The smallest absolute Gasteiger partial charge is 0.273 e. The van der Waals surface area contributed by atoms with E-state index in [1.165, 1.54) is 6.20 Å². The Morgan fingerprint density at radius 2 is 1.96 bits per heavy atom. The van der Waals surface area contributed by atoms with E-state index in [0.29, 0.717) is 6.42 Å². The molecule has 3 heterocycles. The van der Waals surface area contributed by atoms with Crippen LogP contribution in [0.2, 0.25) is 0 Å². The molecule has 28 heavy (non-hydrogen) atoms. The Bertz CT molecular complexity index is 1010. The molecule has 0 saturated heterocycles. The van der Waals surface area contributed by atoms with Crippen LogP contribution in [0.3, 0.4) is 0 Å². The Labute approximate surface area is 163 Å². The third kappa shape index (κ3) is 4.00. The lowest BCUT2D eigenvalue weighted by Crippen LogP contribution is -2.42. The first-order valence-corrected chi connectivity index (χ1v) is 9.22. The van der Waals surface area contributed by atoms with Crippen LogP contribution in [0.5, 0.6) is 0 Å². The van der Waals surface area contributed by atoms with Gasteiger partial charge in [0.1, 0.15) is 5.69 Å². The normalized spacial score (nSPS) is 11.0. The highest BCUT2D eigenvalue weighted by molar-refractivity contribution is 5.93. The van der Waals surface area contributed by atoms with Crippen molar-refractivity contribution in [3.63, 3.8) is 0 Å². The van der Waals surface area contributed by atoms with E-state index >= 15 is 0 Å². The molecule has 146 valence electrons. The van der Waals surface area contributed by atoms with Gasteiger partial charge in [0.05, 0.1) is 6.20 Å². The summed E-state index contributed by atoms with van der Waals surface area (Å²) < 4.78 is 1.90. The van der Waals surface area contributed by atoms with Gasteiger partial charge in [-0.1, -0.05) is 6.07 Å². The van der Waals surface area contributed by atoms with Crippen LogP contribution in [-0.2, 0) is 11.2 Å². The minimum atomic E-state index is -0.453. The predicted octanol–water partition coefficient (Wildman–Crippen LogP) is 2.42. The zero-order valence-electron chi connectivity index (χ0n) is 16.5. The van der Waals surface area contributed by atoms with Gasteiger partial charge in [-0.15, -0.1) is 0 Å². The van der Waals surface area contributed by atoms with Crippen LogP contribution in [-0.4, -0.2) is 31.6 Å². The van der Waals surface area contributed by atoms with Gasteiger partial charge in [-0.05, 0) is 57.4 Å². The van der Waals surface area contributed by atoms with Gasteiger partial charge in [0.15, 0.2) is 5.65 Å². The number of rotatable bonds is 5. The molecule has 0 fully saturated rings. The third-order valence-electron chi connectivity index (χ3n) is 4.64. The van der Waals surface area contributed by atoms with Crippen molar-refractivity contribution in [1.29, 1.82) is 0 Å². The molecule has 8 nitrogen and oxygen atoms in total. The summed E-state index contributed by atoms with van der Waals surface area (Å²) in [6.45, 7) is 8.10. The Morgan fingerprint density at radius 3 is 2.64 bits per heavy atom.